The highest BCUT2D eigenvalue weighted by molar-refractivity contribution is 6.01. The van der Waals surface area contributed by atoms with Gasteiger partial charge in [0, 0.05) is 28.7 Å². The molecule has 0 atom stereocenters. The third kappa shape index (κ3) is 4.27. The molecule has 3 aromatic heterocycles. The summed E-state index contributed by atoms with van der Waals surface area (Å²) < 4.78 is 15.3. The van der Waals surface area contributed by atoms with Crippen LogP contribution in [0.4, 0.5) is 0 Å². The maximum atomic E-state index is 13.8. The van der Waals surface area contributed by atoms with Crippen molar-refractivity contribution in [3.8, 4) is 17.3 Å². The quantitative estimate of drug-likeness (QED) is 0.203. The summed E-state index contributed by atoms with van der Waals surface area (Å²) in [7, 11) is 1.62. The van der Waals surface area contributed by atoms with E-state index >= 15 is 0 Å². The molecule has 0 spiro atoms. The van der Waals surface area contributed by atoms with E-state index < -0.39 is 0 Å². The van der Waals surface area contributed by atoms with Gasteiger partial charge in [-0.3, -0.25) is 4.79 Å². The number of rotatable bonds is 6. The molecular weight excluding hydrogens is 524 g/mol. The van der Waals surface area contributed by atoms with Gasteiger partial charge in [0.2, 0.25) is 5.82 Å². The Morgan fingerprint density at radius 3 is 2.45 bits per heavy atom. The summed E-state index contributed by atoms with van der Waals surface area (Å²) in [6.45, 7) is 4.90. The molecule has 0 saturated heterocycles. The first-order valence-electron chi connectivity index (χ1n) is 13.8. The minimum atomic E-state index is -0.277. The van der Waals surface area contributed by atoms with Crippen LogP contribution in [0.15, 0.2) is 111 Å². The van der Waals surface area contributed by atoms with Crippen molar-refractivity contribution < 1.29 is 9.15 Å². The van der Waals surface area contributed by atoms with E-state index in [9.17, 15) is 4.79 Å². The maximum absolute atomic E-state index is 13.8. The number of aromatic nitrogens is 3. The average molecular weight is 553 g/mol. The van der Waals surface area contributed by atoms with Gasteiger partial charge < -0.3 is 13.7 Å². The van der Waals surface area contributed by atoms with Crippen molar-refractivity contribution in [3.63, 3.8) is 0 Å². The molecule has 0 radical (unpaired) electrons. The molecule has 206 valence electrons. The largest absolute Gasteiger partial charge is 0.496 e. The van der Waals surface area contributed by atoms with Crippen LogP contribution in [0.2, 0.25) is 0 Å². The molecule has 0 unspecified atom stereocenters. The van der Waals surface area contributed by atoms with Gasteiger partial charge in [-0.1, -0.05) is 66.2 Å². The first-order valence-corrected chi connectivity index (χ1v) is 13.8. The third-order valence-electron chi connectivity index (χ3n) is 7.76. The Bertz CT molecular complexity index is 2200. The molecule has 0 fully saturated rings. The summed E-state index contributed by atoms with van der Waals surface area (Å²) in [5, 5.41) is 7.10. The number of ether oxygens (including phenoxy) is 1. The van der Waals surface area contributed by atoms with E-state index in [0.29, 0.717) is 33.8 Å². The zero-order valence-electron chi connectivity index (χ0n) is 23.5. The molecule has 42 heavy (non-hydrogen) atoms. The maximum Gasteiger partial charge on any atom is 0.282 e. The molecular formula is C35H28N4O3. The lowest BCUT2D eigenvalue weighted by Gasteiger charge is -2.09. The zero-order valence-corrected chi connectivity index (χ0v) is 23.5. The van der Waals surface area contributed by atoms with E-state index in [1.807, 2.05) is 54.6 Å². The first kappa shape index (κ1) is 25.5. The van der Waals surface area contributed by atoms with Crippen LogP contribution in [0.1, 0.15) is 22.4 Å². The van der Waals surface area contributed by atoms with Gasteiger partial charge in [0.25, 0.3) is 5.56 Å². The fourth-order valence-corrected chi connectivity index (χ4v) is 5.53. The van der Waals surface area contributed by atoms with Crippen molar-refractivity contribution in [2.24, 2.45) is 5.10 Å². The van der Waals surface area contributed by atoms with E-state index in [0.717, 1.165) is 34.1 Å². The lowest BCUT2D eigenvalue weighted by atomic mass is 10.1. The summed E-state index contributed by atoms with van der Waals surface area (Å²) in [5.74, 6) is 1.42. The molecule has 0 aliphatic rings. The van der Waals surface area contributed by atoms with Crippen molar-refractivity contribution in [2.45, 2.75) is 20.4 Å². The number of furan rings is 1. The van der Waals surface area contributed by atoms with Crippen molar-refractivity contribution in [1.29, 1.82) is 0 Å². The highest BCUT2D eigenvalue weighted by Gasteiger charge is 2.19. The van der Waals surface area contributed by atoms with Crippen molar-refractivity contribution in [1.82, 2.24) is 14.2 Å². The minimum Gasteiger partial charge on any atom is -0.496 e. The number of methoxy groups -OCH3 is 1. The normalized spacial score (nSPS) is 11.8. The molecule has 7 heteroatoms. The topological polar surface area (TPSA) is 74.6 Å². The van der Waals surface area contributed by atoms with Gasteiger partial charge in [-0.25, -0.2) is 4.98 Å². The Morgan fingerprint density at radius 2 is 1.64 bits per heavy atom. The summed E-state index contributed by atoms with van der Waals surface area (Å²) in [4.78, 5) is 18.7. The highest BCUT2D eigenvalue weighted by atomic mass is 16.5. The summed E-state index contributed by atoms with van der Waals surface area (Å²) in [6.07, 6.45) is 1.76. The van der Waals surface area contributed by atoms with Crippen molar-refractivity contribution in [3.05, 3.63) is 130 Å². The molecule has 0 aliphatic carbocycles. The number of benzene rings is 4. The molecule has 0 amide bonds. The molecule has 0 aliphatic heterocycles. The standard InChI is InChI=1S/C35H28N4O3/c1-22-15-17-24(18-16-22)21-38-23(2)28(25-9-5-7-12-30(25)38)20-36-39-34(37-29-11-6-4-10-26(29)35(39)40)33-19-27-31(41-3)13-8-14-32(27)42-33/h4-20H,21H2,1-3H3. The molecule has 7 nitrogen and oxygen atoms in total. The number of hydrogen-bond donors (Lipinski definition) is 0. The van der Waals surface area contributed by atoms with Crippen LogP contribution < -0.4 is 10.3 Å². The average Bonchev–Trinajstić information content (AvgIpc) is 3.57. The summed E-state index contributed by atoms with van der Waals surface area (Å²) in [6, 6.07) is 31.6. The Labute approximate surface area is 241 Å². The van der Waals surface area contributed by atoms with Crippen LogP contribution in [0.25, 0.3) is 44.4 Å². The minimum absolute atomic E-state index is 0.277. The number of fused-ring (bicyclic) bond motifs is 3. The van der Waals surface area contributed by atoms with Gasteiger partial charge in [0.1, 0.15) is 11.3 Å². The zero-order chi connectivity index (χ0) is 28.8. The van der Waals surface area contributed by atoms with Crippen LogP contribution in [0, 0.1) is 13.8 Å². The number of aryl methyl sites for hydroxylation is 1. The lowest BCUT2D eigenvalue weighted by molar-refractivity contribution is 0.419. The predicted molar refractivity (Wildman–Crippen MR) is 168 cm³/mol. The van der Waals surface area contributed by atoms with Crippen molar-refractivity contribution in [2.75, 3.05) is 7.11 Å². The second-order valence-electron chi connectivity index (χ2n) is 10.4. The highest BCUT2D eigenvalue weighted by Crippen LogP contribution is 2.33. The van der Waals surface area contributed by atoms with E-state index in [1.165, 1.54) is 15.8 Å². The third-order valence-corrected chi connectivity index (χ3v) is 7.76. The SMILES string of the molecule is COc1cccc2oc(-c3nc4ccccc4c(=O)n3N=Cc3c(C)n(Cc4ccc(C)cc4)c4ccccc34)cc12. The number of hydrogen-bond acceptors (Lipinski definition) is 5. The van der Waals surface area contributed by atoms with E-state index in [-0.39, 0.29) is 5.56 Å². The summed E-state index contributed by atoms with van der Waals surface area (Å²) in [5.41, 5.74) is 6.47. The first-order chi connectivity index (χ1) is 20.5. The van der Waals surface area contributed by atoms with Gasteiger partial charge in [-0.15, -0.1) is 0 Å². The number of para-hydroxylation sites is 2. The predicted octanol–water partition coefficient (Wildman–Crippen LogP) is 7.32. The summed E-state index contributed by atoms with van der Waals surface area (Å²) >= 11 is 0. The Morgan fingerprint density at radius 1 is 0.881 bits per heavy atom. The van der Waals surface area contributed by atoms with E-state index in [4.69, 9.17) is 19.2 Å². The second-order valence-corrected chi connectivity index (χ2v) is 10.4. The van der Waals surface area contributed by atoms with Gasteiger partial charge >= 0.3 is 0 Å². The van der Waals surface area contributed by atoms with Gasteiger partial charge in [-0.05, 0) is 55.8 Å². The fourth-order valence-electron chi connectivity index (χ4n) is 5.53. The smallest absolute Gasteiger partial charge is 0.282 e. The van der Waals surface area contributed by atoms with Gasteiger partial charge in [-0.2, -0.15) is 9.78 Å². The molecule has 0 bridgehead atoms. The van der Waals surface area contributed by atoms with Crippen molar-refractivity contribution >= 4 is 39.0 Å². The van der Waals surface area contributed by atoms with Gasteiger partial charge in [0.05, 0.1) is 29.6 Å². The lowest BCUT2D eigenvalue weighted by Crippen LogP contribution is -2.20. The Balaban J connectivity index is 1.40. The van der Waals surface area contributed by atoms with Crippen LogP contribution in [0.3, 0.4) is 0 Å². The number of nitrogens with zero attached hydrogens (tertiary/aromatic N) is 4. The van der Waals surface area contributed by atoms with Crippen LogP contribution in [0.5, 0.6) is 5.75 Å². The molecule has 0 N–H and O–H groups in total. The van der Waals surface area contributed by atoms with E-state index in [1.54, 1.807) is 19.4 Å². The molecule has 3 heterocycles. The second kappa shape index (κ2) is 10.2. The van der Waals surface area contributed by atoms with Gasteiger partial charge in [0.15, 0.2) is 5.76 Å². The van der Waals surface area contributed by atoms with Crippen LogP contribution >= 0.6 is 0 Å². The molecule has 7 aromatic rings. The van der Waals surface area contributed by atoms with Crippen LogP contribution in [-0.4, -0.2) is 27.6 Å². The van der Waals surface area contributed by atoms with E-state index in [2.05, 4.69) is 54.8 Å². The molecule has 4 aromatic carbocycles. The van der Waals surface area contributed by atoms with Crippen LogP contribution in [-0.2, 0) is 6.54 Å². The molecule has 7 rings (SSSR count). The monoisotopic (exact) mass is 552 g/mol. The molecule has 0 saturated carbocycles. The fraction of sp³-hybridized carbons (Fsp3) is 0.114. The Kier molecular flexibility index (Phi) is 6.20. The Hall–Kier alpha value is -5.43.